The van der Waals surface area contributed by atoms with Crippen LogP contribution in [0.2, 0.25) is 0 Å². The maximum absolute atomic E-state index is 11.8. The van der Waals surface area contributed by atoms with E-state index in [1.54, 1.807) is 18.2 Å². The fourth-order valence-electron chi connectivity index (χ4n) is 1.88. The Balaban J connectivity index is 1.99. The van der Waals surface area contributed by atoms with E-state index in [2.05, 4.69) is 5.32 Å². The lowest BCUT2D eigenvalue weighted by molar-refractivity contribution is -0.118. The van der Waals surface area contributed by atoms with Crippen molar-refractivity contribution >= 4 is 21.4 Å². The minimum atomic E-state index is -3.34. The molecule has 0 unspecified atom stereocenters. The van der Waals surface area contributed by atoms with Crippen LogP contribution in [0, 0.1) is 6.92 Å². The van der Waals surface area contributed by atoms with Crippen molar-refractivity contribution in [2.24, 2.45) is 0 Å². The zero-order valence-corrected chi connectivity index (χ0v) is 13.6. The van der Waals surface area contributed by atoms with Crippen LogP contribution in [-0.2, 0) is 14.6 Å². The molecule has 0 aliphatic carbocycles. The lowest BCUT2D eigenvalue weighted by Crippen LogP contribution is -2.20. The van der Waals surface area contributed by atoms with E-state index in [0.29, 0.717) is 0 Å². The maximum atomic E-state index is 11.8. The van der Waals surface area contributed by atoms with Crippen LogP contribution in [0.4, 0.5) is 5.69 Å². The number of nitrogens with one attached hydrogen (secondary N) is 1. The molecule has 6 nitrogen and oxygen atoms in total. The first-order chi connectivity index (χ1) is 10.8. The minimum Gasteiger partial charge on any atom is -0.506 e. The highest BCUT2D eigenvalue weighted by Gasteiger charge is 2.10. The van der Waals surface area contributed by atoms with Crippen molar-refractivity contribution in [2.75, 3.05) is 18.2 Å². The number of rotatable bonds is 5. The second-order valence-electron chi connectivity index (χ2n) is 5.10. The predicted octanol–water partition coefficient (Wildman–Crippen LogP) is 2.12. The van der Waals surface area contributed by atoms with E-state index < -0.39 is 15.7 Å². The minimum absolute atomic E-state index is 0.0302. The molecule has 2 aromatic rings. The fourth-order valence-corrected chi connectivity index (χ4v) is 2.53. The Bertz CT molecular complexity index is 830. The van der Waals surface area contributed by atoms with Gasteiger partial charge in [-0.15, -0.1) is 0 Å². The van der Waals surface area contributed by atoms with Gasteiger partial charge >= 0.3 is 0 Å². The summed E-state index contributed by atoms with van der Waals surface area (Å²) in [6, 6.07) is 10.8. The van der Waals surface area contributed by atoms with Crippen molar-refractivity contribution in [3.63, 3.8) is 0 Å². The number of hydrogen-bond donors (Lipinski definition) is 2. The number of carbonyl (C=O) groups excluding carboxylic acids is 1. The Hall–Kier alpha value is -2.54. The zero-order valence-electron chi connectivity index (χ0n) is 12.7. The van der Waals surface area contributed by atoms with E-state index in [-0.39, 0.29) is 28.7 Å². The number of phenolic OH excluding ortho intramolecular Hbond substituents is 1. The second kappa shape index (κ2) is 6.70. The van der Waals surface area contributed by atoms with Gasteiger partial charge < -0.3 is 15.2 Å². The van der Waals surface area contributed by atoms with Gasteiger partial charge in [-0.25, -0.2) is 8.42 Å². The molecule has 0 heterocycles. The van der Waals surface area contributed by atoms with E-state index in [9.17, 15) is 18.3 Å². The number of benzene rings is 2. The Morgan fingerprint density at radius 3 is 2.61 bits per heavy atom. The molecule has 0 radical (unpaired) electrons. The highest BCUT2D eigenvalue weighted by atomic mass is 32.2. The molecule has 0 spiro atoms. The molecule has 122 valence electrons. The smallest absolute Gasteiger partial charge is 0.262 e. The number of sulfone groups is 1. The van der Waals surface area contributed by atoms with Gasteiger partial charge in [0.1, 0.15) is 11.5 Å². The summed E-state index contributed by atoms with van der Waals surface area (Å²) in [5, 5.41) is 12.2. The Kier molecular flexibility index (Phi) is 4.90. The molecule has 0 fully saturated rings. The average Bonchev–Trinajstić information content (AvgIpc) is 2.47. The third-order valence-corrected chi connectivity index (χ3v) is 4.14. The van der Waals surface area contributed by atoms with Gasteiger partial charge in [0.15, 0.2) is 16.4 Å². The van der Waals surface area contributed by atoms with Crippen LogP contribution in [0.1, 0.15) is 5.56 Å². The van der Waals surface area contributed by atoms with Gasteiger partial charge in [-0.2, -0.15) is 0 Å². The third kappa shape index (κ3) is 4.72. The molecule has 23 heavy (non-hydrogen) atoms. The number of ether oxygens (including phenoxy) is 1. The van der Waals surface area contributed by atoms with Gasteiger partial charge in [-0.3, -0.25) is 4.79 Å². The number of anilines is 1. The summed E-state index contributed by atoms with van der Waals surface area (Å²) in [5.74, 6) is -0.220. The van der Waals surface area contributed by atoms with Crippen LogP contribution in [0.15, 0.2) is 47.4 Å². The first-order valence-corrected chi connectivity index (χ1v) is 8.67. The number of aromatic hydroxyl groups is 1. The van der Waals surface area contributed by atoms with Crippen LogP contribution in [0.5, 0.6) is 11.5 Å². The third-order valence-electron chi connectivity index (χ3n) is 3.03. The molecular formula is C16H17NO5S. The molecule has 0 aliphatic rings. The van der Waals surface area contributed by atoms with Gasteiger partial charge in [0.2, 0.25) is 0 Å². The van der Waals surface area contributed by atoms with Crippen LogP contribution in [-0.4, -0.2) is 32.3 Å². The van der Waals surface area contributed by atoms with Crippen molar-refractivity contribution < 1.29 is 23.1 Å². The average molecular weight is 335 g/mol. The molecule has 0 saturated carbocycles. The highest BCUT2D eigenvalue weighted by molar-refractivity contribution is 7.90. The van der Waals surface area contributed by atoms with Crippen LogP contribution in [0.25, 0.3) is 0 Å². The summed E-state index contributed by atoms with van der Waals surface area (Å²) in [6.07, 6.45) is 1.10. The fraction of sp³-hybridized carbons (Fsp3) is 0.188. The molecule has 0 saturated heterocycles. The topological polar surface area (TPSA) is 92.7 Å². The van der Waals surface area contributed by atoms with Gasteiger partial charge in [0.25, 0.3) is 5.91 Å². The summed E-state index contributed by atoms with van der Waals surface area (Å²) in [7, 11) is -3.34. The molecule has 2 N–H and O–H groups in total. The number of phenols is 1. The maximum Gasteiger partial charge on any atom is 0.262 e. The van der Waals surface area contributed by atoms with Gasteiger partial charge in [0, 0.05) is 6.26 Å². The predicted molar refractivity (Wildman–Crippen MR) is 86.5 cm³/mol. The largest absolute Gasteiger partial charge is 0.506 e. The van der Waals surface area contributed by atoms with E-state index in [4.69, 9.17) is 4.74 Å². The zero-order chi connectivity index (χ0) is 17.0. The van der Waals surface area contributed by atoms with Crippen LogP contribution in [0.3, 0.4) is 0 Å². The second-order valence-corrected chi connectivity index (χ2v) is 7.12. The van der Waals surface area contributed by atoms with Crippen molar-refractivity contribution in [1.82, 2.24) is 0 Å². The van der Waals surface area contributed by atoms with Crippen LogP contribution < -0.4 is 10.1 Å². The lowest BCUT2D eigenvalue weighted by atomic mass is 10.2. The van der Waals surface area contributed by atoms with Crippen molar-refractivity contribution in [3.05, 3.63) is 48.0 Å². The summed E-state index contributed by atoms with van der Waals surface area (Å²) in [5.41, 5.74) is 1.16. The standard InChI is InChI=1S/C16H17NO5S/c1-11-6-7-14(15(18)8-11)17-16(19)10-22-12-4-3-5-13(9-12)23(2,20)21/h3-9,18H,10H2,1-2H3,(H,17,19). The van der Waals surface area contributed by atoms with Gasteiger partial charge in [0.05, 0.1) is 10.6 Å². The first kappa shape index (κ1) is 16.8. The molecule has 0 bridgehead atoms. The Morgan fingerprint density at radius 2 is 1.96 bits per heavy atom. The molecule has 2 aromatic carbocycles. The highest BCUT2D eigenvalue weighted by Crippen LogP contribution is 2.24. The molecule has 0 atom stereocenters. The first-order valence-electron chi connectivity index (χ1n) is 6.78. The number of carbonyl (C=O) groups is 1. The van der Waals surface area contributed by atoms with Gasteiger partial charge in [-0.05, 0) is 42.8 Å². The van der Waals surface area contributed by atoms with Crippen molar-refractivity contribution in [3.8, 4) is 11.5 Å². The lowest BCUT2D eigenvalue weighted by Gasteiger charge is -2.10. The number of aryl methyl sites for hydroxylation is 1. The summed E-state index contributed by atoms with van der Waals surface area (Å²) in [4.78, 5) is 12.0. The van der Waals surface area contributed by atoms with E-state index in [1.165, 1.54) is 24.3 Å². The molecule has 1 amide bonds. The normalized spacial score (nSPS) is 11.0. The number of hydrogen-bond acceptors (Lipinski definition) is 5. The van der Waals surface area contributed by atoms with Crippen molar-refractivity contribution in [2.45, 2.75) is 11.8 Å². The van der Waals surface area contributed by atoms with Gasteiger partial charge in [-0.1, -0.05) is 12.1 Å². The monoisotopic (exact) mass is 335 g/mol. The molecular weight excluding hydrogens is 318 g/mol. The molecule has 0 aliphatic heterocycles. The number of amides is 1. The molecule has 0 aromatic heterocycles. The summed E-state index contributed by atoms with van der Waals surface area (Å²) >= 11 is 0. The molecule has 7 heteroatoms. The summed E-state index contributed by atoms with van der Waals surface area (Å²) in [6.45, 7) is 1.52. The van der Waals surface area contributed by atoms with E-state index >= 15 is 0 Å². The molecule has 2 rings (SSSR count). The van der Waals surface area contributed by atoms with E-state index in [0.717, 1.165) is 11.8 Å². The van der Waals surface area contributed by atoms with Crippen LogP contribution >= 0.6 is 0 Å². The van der Waals surface area contributed by atoms with Crippen molar-refractivity contribution in [1.29, 1.82) is 0 Å². The van der Waals surface area contributed by atoms with E-state index in [1.807, 2.05) is 6.92 Å². The summed E-state index contributed by atoms with van der Waals surface area (Å²) < 4.78 is 28.2. The Morgan fingerprint density at radius 1 is 1.22 bits per heavy atom. The quantitative estimate of drug-likeness (QED) is 0.817. The Labute approximate surface area is 134 Å². The SMILES string of the molecule is Cc1ccc(NC(=O)COc2cccc(S(C)(=O)=O)c2)c(O)c1.